The van der Waals surface area contributed by atoms with Gasteiger partial charge in [-0.25, -0.2) is 0 Å². The molecule has 106 valence electrons. The van der Waals surface area contributed by atoms with Crippen LogP contribution in [0.15, 0.2) is 30.3 Å². The highest BCUT2D eigenvalue weighted by molar-refractivity contribution is 5.78. The Labute approximate surface area is 120 Å². The number of nitrogens with zero attached hydrogens (tertiary/aromatic N) is 2. The minimum atomic E-state index is 0.190. The molecular formula is C16H21N3O. The SMILES string of the molecule is CN(CC#Cc1ccccc1)CC(=O)N1CCNCC1. The van der Waals surface area contributed by atoms with Crippen LogP contribution >= 0.6 is 0 Å². The van der Waals surface area contributed by atoms with Crippen LogP contribution in [0.25, 0.3) is 0 Å². The number of nitrogens with one attached hydrogen (secondary N) is 1. The molecular weight excluding hydrogens is 250 g/mol. The Balaban J connectivity index is 1.76. The van der Waals surface area contributed by atoms with E-state index in [0.29, 0.717) is 13.1 Å². The monoisotopic (exact) mass is 271 g/mol. The molecule has 2 rings (SSSR count). The van der Waals surface area contributed by atoms with Gasteiger partial charge in [0.25, 0.3) is 0 Å². The molecule has 1 aromatic rings. The zero-order valence-corrected chi connectivity index (χ0v) is 11.9. The van der Waals surface area contributed by atoms with Gasteiger partial charge in [-0.05, 0) is 19.2 Å². The van der Waals surface area contributed by atoms with E-state index in [4.69, 9.17) is 0 Å². The summed E-state index contributed by atoms with van der Waals surface area (Å²) in [4.78, 5) is 15.9. The van der Waals surface area contributed by atoms with Gasteiger partial charge in [-0.1, -0.05) is 30.0 Å². The summed E-state index contributed by atoms with van der Waals surface area (Å²) in [6, 6.07) is 9.89. The summed E-state index contributed by atoms with van der Waals surface area (Å²) in [5.41, 5.74) is 1.01. The highest BCUT2D eigenvalue weighted by Crippen LogP contribution is 1.96. The van der Waals surface area contributed by atoms with E-state index in [9.17, 15) is 4.79 Å². The molecule has 0 aromatic heterocycles. The van der Waals surface area contributed by atoms with Crippen molar-refractivity contribution in [3.05, 3.63) is 35.9 Å². The van der Waals surface area contributed by atoms with Crippen molar-refractivity contribution in [3.63, 3.8) is 0 Å². The molecule has 4 nitrogen and oxygen atoms in total. The van der Waals surface area contributed by atoms with Crippen LogP contribution in [0.2, 0.25) is 0 Å². The number of carbonyl (C=O) groups is 1. The van der Waals surface area contributed by atoms with E-state index in [-0.39, 0.29) is 5.91 Å². The Morgan fingerprint density at radius 2 is 2.00 bits per heavy atom. The summed E-state index contributed by atoms with van der Waals surface area (Å²) in [6.45, 7) is 4.44. The van der Waals surface area contributed by atoms with Gasteiger partial charge in [0.1, 0.15) is 0 Å². The molecule has 0 bridgehead atoms. The fraction of sp³-hybridized carbons (Fsp3) is 0.438. The Kier molecular flexibility index (Phi) is 5.60. The number of likely N-dealkylation sites (N-methyl/N-ethyl adjacent to an activating group) is 1. The number of carbonyl (C=O) groups excluding carboxylic acids is 1. The molecule has 4 heteroatoms. The maximum absolute atomic E-state index is 12.0. The number of hydrogen-bond acceptors (Lipinski definition) is 3. The van der Waals surface area contributed by atoms with Crippen molar-refractivity contribution in [1.29, 1.82) is 0 Å². The van der Waals surface area contributed by atoms with Crippen molar-refractivity contribution in [2.75, 3.05) is 46.3 Å². The van der Waals surface area contributed by atoms with E-state index in [2.05, 4.69) is 17.2 Å². The summed E-state index contributed by atoms with van der Waals surface area (Å²) in [5.74, 6) is 6.39. The molecule has 1 fully saturated rings. The lowest BCUT2D eigenvalue weighted by atomic mass is 10.2. The number of rotatable bonds is 3. The smallest absolute Gasteiger partial charge is 0.236 e. The van der Waals surface area contributed by atoms with Crippen LogP contribution < -0.4 is 5.32 Å². The van der Waals surface area contributed by atoms with Crippen molar-refractivity contribution >= 4 is 5.91 Å². The van der Waals surface area contributed by atoms with Crippen LogP contribution in [0.5, 0.6) is 0 Å². The minimum absolute atomic E-state index is 0.190. The summed E-state index contributed by atoms with van der Waals surface area (Å²) in [7, 11) is 1.93. The van der Waals surface area contributed by atoms with Crippen LogP contribution in [0, 0.1) is 11.8 Å². The predicted octanol–water partition coefficient (Wildman–Crippen LogP) is 0.402. The van der Waals surface area contributed by atoms with E-state index >= 15 is 0 Å². The van der Waals surface area contributed by atoms with E-state index in [0.717, 1.165) is 31.7 Å². The molecule has 0 saturated carbocycles. The molecule has 0 unspecified atom stereocenters. The number of benzene rings is 1. The summed E-state index contributed by atoms with van der Waals surface area (Å²) in [5, 5.41) is 3.25. The fourth-order valence-corrected chi connectivity index (χ4v) is 2.10. The molecule has 20 heavy (non-hydrogen) atoms. The molecule has 1 aliphatic heterocycles. The molecule has 0 aliphatic carbocycles. The molecule has 0 radical (unpaired) electrons. The number of amides is 1. The average molecular weight is 271 g/mol. The van der Waals surface area contributed by atoms with Gasteiger partial charge in [-0.2, -0.15) is 0 Å². The topological polar surface area (TPSA) is 35.6 Å². The lowest BCUT2D eigenvalue weighted by molar-refractivity contribution is -0.132. The third-order valence-electron chi connectivity index (χ3n) is 3.23. The minimum Gasteiger partial charge on any atom is -0.339 e. The van der Waals surface area contributed by atoms with Gasteiger partial charge >= 0.3 is 0 Å². The van der Waals surface area contributed by atoms with Gasteiger partial charge in [0.2, 0.25) is 5.91 Å². The molecule has 0 atom stereocenters. The van der Waals surface area contributed by atoms with Crippen LogP contribution in [-0.2, 0) is 4.79 Å². The first-order valence-electron chi connectivity index (χ1n) is 6.96. The van der Waals surface area contributed by atoms with E-state index in [1.54, 1.807) is 0 Å². The fourth-order valence-electron chi connectivity index (χ4n) is 2.10. The van der Waals surface area contributed by atoms with Gasteiger partial charge in [-0.15, -0.1) is 0 Å². The Morgan fingerprint density at radius 1 is 1.30 bits per heavy atom. The maximum Gasteiger partial charge on any atom is 0.236 e. The van der Waals surface area contributed by atoms with Gasteiger partial charge in [0, 0.05) is 31.7 Å². The summed E-state index contributed by atoms with van der Waals surface area (Å²) in [6.07, 6.45) is 0. The van der Waals surface area contributed by atoms with Crippen molar-refractivity contribution in [1.82, 2.24) is 15.1 Å². The average Bonchev–Trinajstić information content (AvgIpc) is 2.49. The van der Waals surface area contributed by atoms with Gasteiger partial charge < -0.3 is 10.2 Å². The largest absolute Gasteiger partial charge is 0.339 e. The molecule has 1 N–H and O–H groups in total. The highest BCUT2D eigenvalue weighted by atomic mass is 16.2. The standard InChI is InChI=1S/C16H21N3O/c1-18(11-5-8-15-6-3-2-4-7-15)14-16(20)19-12-9-17-10-13-19/h2-4,6-7,17H,9-14H2,1H3. The number of hydrogen-bond donors (Lipinski definition) is 1. The zero-order chi connectivity index (χ0) is 14.2. The van der Waals surface area contributed by atoms with Gasteiger partial charge in [0.05, 0.1) is 13.1 Å². The maximum atomic E-state index is 12.0. The first kappa shape index (κ1) is 14.6. The van der Waals surface area contributed by atoms with Gasteiger partial charge in [-0.3, -0.25) is 9.69 Å². The van der Waals surface area contributed by atoms with Gasteiger partial charge in [0.15, 0.2) is 0 Å². The lowest BCUT2D eigenvalue weighted by Crippen LogP contribution is -2.49. The summed E-state index contributed by atoms with van der Waals surface area (Å²) >= 11 is 0. The van der Waals surface area contributed by atoms with Crippen molar-refractivity contribution in [2.24, 2.45) is 0 Å². The van der Waals surface area contributed by atoms with Crippen molar-refractivity contribution in [3.8, 4) is 11.8 Å². The predicted molar refractivity (Wildman–Crippen MR) is 80.3 cm³/mol. The van der Waals surface area contributed by atoms with Crippen LogP contribution in [0.3, 0.4) is 0 Å². The third-order valence-corrected chi connectivity index (χ3v) is 3.23. The first-order valence-corrected chi connectivity index (χ1v) is 6.96. The van der Waals surface area contributed by atoms with E-state index in [1.165, 1.54) is 0 Å². The molecule has 1 saturated heterocycles. The first-order chi connectivity index (χ1) is 9.75. The van der Waals surface area contributed by atoms with Crippen LogP contribution in [-0.4, -0.2) is 62.0 Å². The van der Waals surface area contributed by atoms with Crippen LogP contribution in [0.4, 0.5) is 0 Å². The van der Waals surface area contributed by atoms with E-state index < -0.39 is 0 Å². The second kappa shape index (κ2) is 7.68. The summed E-state index contributed by atoms with van der Waals surface area (Å²) < 4.78 is 0. The molecule has 1 heterocycles. The number of piperazine rings is 1. The zero-order valence-electron chi connectivity index (χ0n) is 11.9. The Hall–Kier alpha value is -1.83. The highest BCUT2D eigenvalue weighted by Gasteiger charge is 2.16. The second-order valence-corrected chi connectivity index (χ2v) is 4.97. The van der Waals surface area contributed by atoms with Crippen molar-refractivity contribution < 1.29 is 4.79 Å². The normalized spacial score (nSPS) is 14.8. The molecule has 1 amide bonds. The third kappa shape index (κ3) is 4.69. The Bertz CT molecular complexity index is 483. The molecule has 1 aromatic carbocycles. The Morgan fingerprint density at radius 3 is 2.70 bits per heavy atom. The molecule has 0 spiro atoms. The lowest BCUT2D eigenvalue weighted by Gasteiger charge is -2.28. The van der Waals surface area contributed by atoms with E-state index in [1.807, 2.05) is 47.2 Å². The quantitative estimate of drug-likeness (QED) is 0.809. The van der Waals surface area contributed by atoms with Crippen molar-refractivity contribution in [2.45, 2.75) is 0 Å². The van der Waals surface area contributed by atoms with Crippen LogP contribution in [0.1, 0.15) is 5.56 Å². The second-order valence-electron chi connectivity index (χ2n) is 4.97. The molecule has 1 aliphatic rings.